The van der Waals surface area contributed by atoms with Crippen molar-refractivity contribution in [1.82, 2.24) is 4.90 Å². The second-order valence-corrected chi connectivity index (χ2v) is 5.20. The first-order chi connectivity index (χ1) is 11.1. The fraction of sp³-hybridized carbons (Fsp3) is 0.421. The first kappa shape index (κ1) is 19.1. The number of rotatable bonds is 11. The van der Waals surface area contributed by atoms with Crippen molar-refractivity contribution in [3.63, 3.8) is 0 Å². The highest BCUT2D eigenvalue weighted by atomic mass is 16.5. The molecule has 0 radical (unpaired) electrons. The molecule has 0 saturated carbocycles. The molecule has 0 bridgehead atoms. The van der Waals surface area contributed by atoms with E-state index in [2.05, 4.69) is 31.9 Å². The molecule has 0 fully saturated rings. The fourth-order valence-corrected chi connectivity index (χ4v) is 2.01. The maximum atomic E-state index is 11.8. The highest BCUT2D eigenvalue weighted by Crippen LogP contribution is 2.07. The Morgan fingerprint density at radius 1 is 1.22 bits per heavy atom. The van der Waals surface area contributed by atoms with Crippen LogP contribution < -0.4 is 0 Å². The lowest BCUT2D eigenvalue weighted by atomic mass is 10.1. The van der Waals surface area contributed by atoms with Crippen LogP contribution in [0.25, 0.3) is 6.08 Å². The highest BCUT2D eigenvalue weighted by molar-refractivity contribution is 5.87. The Balaban J connectivity index is 2.24. The Hall–Kier alpha value is -1.91. The standard InChI is InChI=1S/C19H27NO3/c1-5-17-8-10-18(11-9-17)15-22-14-16(4)19(21)23-13-12-20(6-2)7-3/h5,8-11H,1,4,6-7,12-15H2,2-3H3. The summed E-state index contributed by atoms with van der Waals surface area (Å²) >= 11 is 0. The molecule has 1 aromatic rings. The van der Waals surface area contributed by atoms with Gasteiger partial charge in [-0.05, 0) is 24.2 Å². The molecule has 0 aliphatic heterocycles. The normalized spacial score (nSPS) is 10.6. The van der Waals surface area contributed by atoms with Gasteiger partial charge in [-0.15, -0.1) is 0 Å². The summed E-state index contributed by atoms with van der Waals surface area (Å²) in [4.78, 5) is 14.0. The Kier molecular flexibility index (Phi) is 8.95. The van der Waals surface area contributed by atoms with Crippen molar-refractivity contribution in [2.75, 3.05) is 32.8 Å². The number of carbonyl (C=O) groups excluding carboxylic acids is 1. The lowest BCUT2D eigenvalue weighted by Crippen LogP contribution is -2.28. The molecule has 0 saturated heterocycles. The maximum absolute atomic E-state index is 11.8. The molecule has 0 atom stereocenters. The summed E-state index contributed by atoms with van der Waals surface area (Å²) in [5.41, 5.74) is 2.44. The molecule has 4 heteroatoms. The van der Waals surface area contributed by atoms with Crippen LogP contribution in [0.2, 0.25) is 0 Å². The highest BCUT2D eigenvalue weighted by Gasteiger charge is 2.09. The minimum atomic E-state index is -0.390. The molecule has 23 heavy (non-hydrogen) atoms. The molecule has 126 valence electrons. The van der Waals surface area contributed by atoms with Gasteiger partial charge < -0.3 is 14.4 Å². The van der Waals surface area contributed by atoms with Gasteiger partial charge in [-0.2, -0.15) is 0 Å². The van der Waals surface area contributed by atoms with Crippen LogP contribution in [0.3, 0.4) is 0 Å². The van der Waals surface area contributed by atoms with Crippen LogP contribution in [0.1, 0.15) is 25.0 Å². The zero-order chi connectivity index (χ0) is 17.1. The summed E-state index contributed by atoms with van der Waals surface area (Å²) < 4.78 is 10.7. The number of esters is 1. The Labute approximate surface area is 139 Å². The Bertz CT molecular complexity index is 504. The topological polar surface area (TPSA) is 38.8 Å². The van der Waals surface area contributed by atoms with Crippen molar-refractivity contribution in [2.24, 2.45) is 0 Å². The smallest absolute Gasteiger partial charge is 0.335 e. The van der Waals surface area contributed by atoms with Crippen molar-refractivity contribution in [1.29, 1.82) is 0 Å². The van der Waals surface area contributed by atoms with E-state index in [9.17, 15) is 4.79 Å². The predicted molar refractivity (Wildman–Crippen MR) is 94.1 cm³/mol. The first-order valence-corrected chi connectivity index (χ1v) is 7.97. The van der Waals surface area contributed by atoms with Crippen LogP contribution in [0, 0.1) is 0 Å². The van der Waals surface area contributed by atoms with E-state index >= 15 is 0 Å². The van der Waals surface area contributed by atoms with Crippen LogP contribution >= 0.6 is 0 Å². The monoisotopic (exact) mass is 317 g/mol. The maximum Gasteiger partial charge on any atom is 0.335 e. The average Bonchev–Trinajstić information content (AvgIpc) is 2.59. The number of nitrogens with zero attached hydrogens (tertiary/aromatic N) is 1. The zero-order valence-corrected chi connectivity index (χ0v) is 14.2. The molecular weight excluding hydrogens is 290 g/mol. The third-order valence-electron chi connectivity index (χ3n) is 3.58. The van der Waals surface area contributed by atoms with Crippen LogP contribution in [0.4, 0.5) is 0 Å². The molecule has 0 aromatic heterocycles. The van der Waals surface area contributed by atoms with Crippen LogP contribution in [0.15, 0.2) is 43.0 Å². The van der Waals surface area contributed by atoms with Gasteiger partial charge in [0.25, 0.3) is 0 Å². The van der Waals surface area contributed by atoms with Crippen LogP contribution in [-0.2, 0) is 20.9 Å². The Morgan fingerprint density at radius 2 is 1.87 bits per heavy atom. The summed E-state index contributed by atoms with van der Waals surface area (Å²) in [5, 5.41) is 0. The quantitative estimate of drug-likeness (QED) is 0.464. The van der Waals surface area contributed by atoms with Crippen molar-refractivity contribution in [3.8, 4) is 0 Å². The summed E-state index contributed by atoms with van der Waals surface area (Å²) in [6, 6.07) is 7.90. The van der Waals surface area contributed by atoms with Gasteiger partial charge in [-0.3, -0.25) is 0 Å². The van der Waals surface area contributed by atoms with E-state index in [1.54, 1.807) is 6.08 Å². The van der Waals surface area contributed by atoms with E-state index in [4.69, 9.17) is 9.47 Å². The lowest BCUT2D eigenvalue weighted by Gasteiger charge is -2.17. The van der Waals surface area contributed by atoms with Gasteiger partial charge in [0.15, 0.2) is 0 Å². The molecule has 0 heterocycles. The van der Waals surface area contributed by atoms with Crippen molar-refractivity contribution in [3.05, 3.63) is 54.1 Å². The minimum Gasteiger partial charge on any atom is -0.461 e. The molecule has 1 aromatic carbocycles. The zero-order valence-electron chi connectivity index (χ0n) is 14.2. The number of hydrogen-bond acceptors (Lipinski definition) is 4. The van der Waals surface area contributed by atoms with Crippen LogP contribution in [-0.4, -0.2) is 43.7 Å². The van der Waals surface area contributed by atoms with Crippen LogP contribution in [0.5, 0.6) is 0 Å². The predicted octanol–water partition coefficient (Wildman–Crippen LogP) is 3.29. The van der Waals surface area contributed by atoms with E-state index < -0.39 is 0 Å². The number of hydrogen-bond donors (Lipinski definition) is 0. The molecular formula is C19H27NO3. The number of likely N-dealkylation sites (N-methyl/N-ethyl adjacent to an activating group) is 1. The molecule has 0 N–H and O–H groups in total. The largest absolute Gasteiger partial charge is 0.461 e. The van der Waals surface area contributed by atoms with Gasteiger partial charge >= 0.3 is 5.97 Å². The first-order valence-electron chi connectivity index (χ1n) is 7.97. The number of carbonyl (C=O) groups is 1. The van der Waals surface area contributed by atoms with Crippen molar-refractivity contribution in [2.45, 2.75) is 20.5 Å². The number of benzene rings is 1. The van der Waals surface area contributed by atoms with E-state index in [1.807, 2.05) is 24.3 Å². The number of ether oxygens (including phenoxy) is 2. The third-order valence-corrected chi connectivity index (χ3v) is 3.58. The van der Waals surface area contributed by atoms with Crippen molar-refractivity contribution < 1.29 is 14.3 Å². The minimum absolute atomic E-state index is 0.174. The third kappa shape index (κ3) is 7.26. The van der Waals surface area contributed by atoms with E-state index in [-0.39, 0.29) is 12.6 Å². The van der Waals surface area contributed by atoms with Gasteiger partial charge in [0.1, 0.15) is 6.61 Å². The Morgan fingerprint density at radius 3 is 2.43 bits per heavy atom. The summed E-state index contributed by atoms with van der Waals surface area (Å²) in [7, 11) is 0. The molecule has 4 nitrogen and oxygen atoms in total. The summed E-state index contributed by atoms with van der Waals surface area (Å²) in [5.74, 6) is -0.390. The molecule has 0 spiro atoms. The van der Waals surface area contributed by atoms with Gasteiger partial charge in [0.05, 0.1) is 18.8 Å². The molecule has 0 amide bonds. The average molecular weight is 317 g/mol. The van der Waals surface area contributed by atoms with E-state index in [1.165, 1.54) is 0 Å². The fourth-order valence-electron chi connectivity index (χ4n) is 2.01. The second-order valence-electron chi connectivity index (χ2n) is 5.20. The lowest BCUT2D eigenvalue weighted by molar-refractivity contribution is -0.140. The molecule has 0 aliphatic rings. The van der Waals surface area contributed by atoms with E-state index in [0.717, 1.165) is 30.8 Å². The van der Waals surface area contributed by atoms with Gasteiger partial charge in [-0.25, -0.2) is 4.79 Å². The van der Waals surface area contributed by atoms with E-state index in [0.29, 0.717) is 18.8 Å². The molecule has 0 unspecified atom stereocenters. The SMILES string of the molecule is C=Cc1ccc(COCC(=C)C(=O)OCCN(CC)CC)cc1. The second kappa shape index (κ2) is 10.8. The molecule has 0 aliphatic carbocycles. The van der Waals surface area contributed by atoms with Crippen molar-refractivity contribution >= 4 is 12.0 Å². The molecule has 1 rings (SSSR count). The van der Waals surface area contributed by atoms with Gasteiger partial charge in [0.2, 0.25) is 0 Å². The van der Waals surface area contributed by atoms with Gasteiger partial charge in [0, 0.05) is 6.54 Å². The summed E-state index contributed by atoms with van der Waals surface area (Å²) in [6.45, 7) is 15.2. The van der Waals surface area contributed by atoms with Gasteiger partial charge in [-0.1, -0.05) is 57.3 Å². The summed E-state index contributed by atoms with van der Waals surface area (Å²) in [6.07, 6.45) is 1.79.